The van der Waals surface area contributed by atoms with Crippen LogP contribution >= 0.6 is 11.8 Å². The Morgan fingerprint density at radius 2 is 1.88 bits per heavy atom. The first kappa shape index (κ1) is 21.1. The highest BCUT2D eigenvalue weighted by molar-refractivity contribution is 7.99. The Bertz CT molecular complexity index is 571. The molecule has 0 spiro atoms. The summed E-state index contributed by atoms with van der Waals surface area (Å²) < 4.78 is 5.64. The van der Waals surface area contributed by atoms with Crippen LogP contribution in [0.15, 0.2) is 29.3 Å². The van der Waals surface area contributed by atoms with Crippen LogP contribution in [0.2, 0.25) is 0 Å². The van der Waals surface area contributed by atoms with E-state index in [2.05, 4.69) is 66.8 Å². The number of benzene rings is 1. The van der Waals surface area contributed by atoms with Crippen LogP contribution in [0.1, 0.15) is 31.9 Å². The summed E-state index contributed by atoms with van der Waals surface area (Å²) in [7, 11) is 0. The maximum Gasteiger partial charge on any atom is 0.191 e. The molecule has 5 nitrogen and oxygen atoms in total. The summed E-state index contributed by atoms with van der Waals surface area (Å²) in [6, 6.07) is 8.63. The predicted octanol–water partition coefficient (Wildman–Crippen LogP) is 2.72. The van der Waals surface area contributed by atoms with Gasteiger partial charge < -0.3 is 15.4 Å². The van der Waals surface area contributed by atoms with Gasteiger partial charge in [-0.2, -0.15) is 11.8 Å². The summed E-state index contributed by atoms with van der Waals surface area (Å²) in [5, 5.41) is 6.83. The second kappa shape index (κ2) is 10.8. The van der Waals surface area contributed by atoms with E-state index in [4.69, 9.17) is 9.73 Å². The van der Waals surface area contributed by atoms with Crippen molar-refractivity contribution >= 4 is 17.7 Å². The van der Waals surface area contributed by atoms with E-state index in [9.17, 15) is 0 Å². The fraction of sp³-hybridized carbons (Fsp3) is 0.650. The number of ether oxygens (including phenoxy) is 1. The van der Waals surface area contributed by atoms with Crippen molar-refractivity contribution in [3.8, 4) is 0 Å². The lowest BCUT2D eigenvalue weighted by Crippen LogP contribution is -2.43. The van der Waals surface area contributed by atoms with Crippen LogP contribution in [-0.2, 0) is 17.8 Å². The smallest absolute Gasteiger partial charge is 0.191 e. The zero-order chi connectivity index (χ0) is 18.8. The molecule has 0 bridgehead atoms. The van der Waals surface area contributed by atoms with Gasteiger partial charge in [0.2, 0.25) is 0 Å². The Labute approximate surface area is 163 Å². The second-order valence-corrected chi connectivity index (χ2v) is 8.68. The molecule has 0 aliphatic carbocycles. The third-order valence-corrected chi connectivity index (χ3v) is 5.85. The maximum atomic E-state index is 5.46. The number of rotatable bonds is 8. The molecular weight excluding hydrogens is 344 g/mol. The maximum absolute atomic E-state index is 5.46. The molecule has 0 amide bonds. The molecule has 0 aromatic heterocycles. The van der Waals surface area contributed by atoms with Crippen LogP contribution in [0, 0.1) is 0 Å². The lowest BCUT2D eigenvalue weighted by atomic mass is 10.1. The van der Waals surface area contributed by atoms with E-state index < -0.39 is 0 Å². The van der Waals surface area contributed by atoms with Crippen LogP contribution in [0.25, 0.3) is 0 Å². The molecule has 1 heterocycles. The van der Waals surface area contributed by atoms with Gasteiger partial charge in [0.15, 0.2) is 5.96 Å². The summed E-state index contributed by atoms with van der Waals surface area (Å²) in [5.41, 5.74) is 2.65. The van der Waals surface area contributed by atoms with Gasteiger partial charge in [-0.3, -0.25) is 4.90 Å². The number of guanidine groups is 1. The van der Waals surface area contributed by atoms with Gasteiger partial charge in [-0.1, -0.05) is 24.3 Å². The Morgan fingerprint density at radius 3 is 2.54 bits per heavy atom. The van der Waals surface area contributed by atoms with Crippen molar-refractivity contribution in [3.05, 3.63) is 35.4 Å². The van der Waals surface area contributed by atoms with Gasteiger partial charge in [0.1, 0.15) is 0 Å². The molecule has 1 aliphatic rings. The van der Waals surface area contributed by atoms with Crippen molar-refractivity contribution in [3.63, 3.8) is 0 Å². The lowest BCUT2D eigenvalue weighted by molar-refractivity contribution is 0.0341. The van der Waals surface area contributed by atoms with Crippen LogP contribution in [0.4, 0.5) is 0 Å². The fourth-order valence-electron chi connectivity index (χ4n) is 2.74. The third kappa shape index (κ3) is 7.17. The lowest BCUT2D eigenvalue weighted by Gasteiger charge is -2.27. The minimum absolute atomic E-state index is 0.185. The number of morpholine rings is 1. The van der Waals surface area contributed by atoms with Crippen LogP contribution in [0.5, 0.6) is 0 Å². The predicted molar refractivity (Wildman–Crippen MR) is 113 cm³/mol. The first-order valence-electron chi connectivity index (χ1n) is 9.48. The fourth-order valence-corrected chi connectivity index (χ4v) is 2.96. The molecule has 1 fully saturated rings. The van der Waals surface area contributed by atoms with E-state index in [0.717, 1.165) is 51.9 Å². The molecule has 0 saturated carbocycles. The molecule has 2 N–H and O–H groups in total. The Morgan fingerprint density at radius 1 is 1.19 bits per heavy atom. The Hall–Kier alpha value is -1.24. The third-order valence-electron chi connectivity index (χ3n) is 4.60. The first-order chi connectivity index (χ1) is 12.5. The number of nitrogens with zero attached hydrogens (tertiary/aromatic N) is 2. The molecule has 26 heavy (non-hydrogen) atoms. The summed E-state index contributed by atoms with van der Waals surface area (Å²) in [6.07, 6.45) is 2.15. The van der Waals surface area contributed by atoms with E-state index in [1.807, 2.05) is 11.8 Å². The van der Waals surface area contributed by atoms with Crippen molar-refractivity contribution < 1.29 is 4.74 Å². The Balaban J connectivity index is 2.01. The molecule has 0 unspecified atom stereocenters. The topological polar surface area (TPSA) is 48.9 Å². The van der Waals surface area contributed by atoms with Gasteiger partial charge in [-0.25, -0.2) is 4.99 Å². The van der Waals surface area contributed by atoms with Gasteiger partial charge in [0.05, 0.1) is 19.8 Å². The number of hydrogen-bond acceptors (Lipinski definition) is 4. The van der Waals surface area contributed by atoms with Crippen molar-refractivity contribution in [2.75, 3.05) is 45.6 Å². The van der Waals surface area contributed by atoms with Gasteiger partial charge >= 0.3 is 0 Å². The van der Waals surface area contributed by atoms with Gasteiger partial charge in [-0.15, -0.1) is 0 Å². The molecule has 1 saturated heterocycles. The molecule has 2 rings (SSSR count). The number of hydrogen-bond donors (Lipinski definition) is 2. The number of aliphatic imine (C=N–C) groups is 1. The van der Waals surface area contributed by atoms with Gasteiger partial charge in [0.25, 0.3) is 0 Å². The minimum atomic E-state index is 0.185. The molecule has 1 aliphatic heterocycles. The number of nitrogens with one attached hydrogen (secondary N) is 2. The molecule has 146 valence electrons. The molecule has 0 atom stereocenters. The van der Waals surface area contributed by atoms with E-state index in [1.165, 1.54) is 11.1 Å². The summed E-state index contributed by atoms with van der Waals surface area (Å²) in [6.45, 7) is 13.7. The van der Waals surface area contributed by atoms with E-state index in [-0.39, 0.29) is 4.75 Å². The molecule has 0 radical (unpaired) electrons. The molecule has 1 aromatic carbocycles. The SMILES string of the molecule is CCNC(=NCc1ccccc1CN1CCOCC1)NCC(C)(C)SC. The zero-order valence-corrected chi connectivity index (χ0v) is 17.5. The van der Waals surface area contributed by atoms with Crippen LogP contribution < -0.4 is 10.6 Å². The molecule has 1 aromatic rings. The van der Waals surface area contributed by atoms with Crippen molar-refractivity contribution in [1.82, 2.24) is 15.5 Å². The highest BCUT2D eigenvalue weighted by atomic mass is 32.2. The highest BCUT2D eigenvalue weighted by Crippen LogP contribution is 2.19. The summed E-state index contributed by atoms with van der Waals surface area (Å²) in [5.74, 6) is 0.885. The van der Waals surface area contributed by atoms with E-state index in [0.29, 0.717) is 6.54 Å². The zero-order valence-electron chi connectivity index (χ0n) is 16.7. The quantitative estimate of drug-likeness (QED) is 0.538. The van der Waals surface area contributed by atoms with Gasteiger partial charge in [-0.05, 0) is 38.2 Å². The van der Waals surface area contributed by atoms with Crippen LogP contribution in [-0.4, -0.2) is 61.3 Å². The molecular formula is C20H34N4OS. The van der Waals surface area contributed by atoms with E-state index in [1.54, 1.807) is 0 Å². The van der Waals surface area contributed by atoms with Gasteiger partial charge in [0, 0.05) is 37.5 Å². The normalized spacial score (nSPS) is 16.5. The van der Waals surface area contributed by atoms with Crippen molar-refractivity contribution in [2.45, 2.75) is 38.6 Å². The van der Waals surface area contributed by atoms with Crippen molar-refractivity contribution in [2.24, 2.45) is 4.99 Å². The monoisotopic (exact) mass is 378 g/mol. The standard InChI is InChI=1S/C20H34N4OS/c1-5-21-19(23-16-20(2,3)26-4)22-14-17-8-6-7-9-18(17)15-24-10-12-25-13-11-24/h6-9H,5,10-16H2,1-4H3,(H2,21,22,23). The summed E-state index contributed by atoms with van der Waals surface area (Å²) in [4.78, 5) is 7.27. The minimum Gasteiger partial charge on any atom is -0.379 e. The Kier molecular flexibility index (Phi) is 8.75. The average molecular weight is 379 g/mol. The summed E-state index contributed by atoms with van der Waals surface area (Å²) >= 11 is 1.86. The van der Waals surface area contributed by atoms with Crippen molar-refractivity contribution in [1.29, 1.82) is 0 Å². The highest BCUT2D eigenvalue weighted by Gasteiger charge is 2.16. The van der Waals surface area contributed by atoms with Crippen LogP contribution in [0.3, 0.4) is 0 Å². The number of thioether (sulfide) groups is 1. The second-order valence-electron chi connectivity index (χ2n) is 7.17. The van der Waals surface area contributed by atoms with E-state index >= 15 is 0 Å². The first-order valence-corrected chi connectivity index (χ1v) is 10.7. The largest absolute Gasteiger partial charge is 0.379 e. The molecule has 6 heteroatoms. The average Bonchev–Trinajstić information content (AvgIpc) is 2.66.